The molecule has 1 N–H and O–H groups in total. The second-order valence-corrected chi connectivity index (χ2v) is 6.59. The first-order valence-corrected chi connectivity index (χ1v) is 8.29. The van der Waals surface area contributed by atoms with Crippen LogP contribution < -0.4 is 5.32 Å². The van der Waals surface area contributed by atoms with Crippen LogP contribution in [0.2, 0.25) is 0 Å². The molecular weight excluding hydrogens is 312 g/mol. The second-order valence-electron chi connectivity index (χ2n) is 5.53. The number of nitrogens with one attached hydrogen (secondary N) is 1. The summed E-state index contributed by atoms with van der Waals surface area (Å²) in [6.07, 6.45) is 2.53. The Hall–Kier alpha value is -2.35. The third kappa shape index (κ3) is 2.94. The Labute approximate surface area is 137 Å². The summed E-state index contributed by atoms with van der Waals surface area (Å²) in [6.45, 7) is 7.92. The van der Waals surface area contributed by atoms with Crippen LogP contribution >= 0.6 is 11.3 Å². The summed E-state index contributed by atoms with van der Waals surface area (Å²) in [5.74, 6) is -0.229. The van der Waals surface area contributed by atoms with Crippen molar-refractivity contribution in [3.8, 4) is 0 Å². The zero-order valence-electron chi connectivity index (χ0n) is 13.5. The van der Waals surface area contributed by atoms with Gasteiger partial charge in [-0.15, -0.1) is 10.2 Å². The average molecular weight is 330 g/mol. The Morgan fingerprint density at radius 2 is 2.17 bits per heavy atom. The van der Waals surface area contributed by atoms with Gasteiger partial charge in [-0.25, -0.2) is 9.67 Å². The Kier molecular flexibility index (Phi) is 4.08. The summed E-state index contributed by atoms with van der Waals surface area (Å²) in [6, 6.07) is 2.04. The van der Waals surface area contributed by atoms with Crippen LogP contribution in [0.15, 0.2) is 12.3 Å². The lowest BCUT2D eigenvalue weighted by Gasteiger charge is -2.08. The topological polar surface area (TPSA) is 85.6 Å². The van der Waals surface area contributed by atoms with E-state index in [0.29, 0.717) is 16.4 Å². The number of fused-ring (bicyclic) bond motifs is 1. The SMILES string of the molecule is CCc1nnc(NC(=O)c2cc3cnn(C(C)C)c3nc2C)s1. The highest BCUT2D eigenvalue weighted by molar-refractivity contribution is 7.15. The summed E-state index contributed by atoms with van der Waals surface area (Å²) >= 11 is 1.38. The van der Waals surface area contributed by atoms with Crippen LogP contribution in [0.5, 0.6) is 0 Å². The zero-order chi connectivity index (χ0) is 16.6. The van der Waals surface area contributed by atoms with E-state index >= 15 is 0 Å². The first kappa shape index (κ1) is 15.5. The lowest BCUT2D eigenvalue weighted by Crippen LogP contribution is -2.14. The first-order valence-electron chi connectivity index (χ1n) is 7.48. The van der Waals surface area contributed by atoms with Crippen molar-refractivity contribution in [1.82, 2.24) is 25.0 Å². The second kappa shape index (κ2) is 6.04. The van der Waals surface area contributed by atoms with E-state index in [0.717, 1.165) is 22.5 Å². The van der Waals surface area contributed by atoms with Gasteiger partial charge in [-0.2, -0.15) is 5.10 Å². The fourth-order valence-electron chi connectivity index (χ4n) is 2.28. The number of aryl methyl sites for hydroxylation is 2. The van der Waals surface area contributed by atoms with Crippen molar-refractivity contribution in [2.24, 2.45) is 0 Å². The quantitative estimate of drug-likeness (QED) is 0.795. The molecule has 8 heteroatoms. The molecule has 0 aliphatic rings. The zero-order valence-corrected chi connectivity index (χ0v) is 14.3. The highest BCUT2D eigenvalue weighted by atomic mass is 32.1. The van der Waals surface area contributed by atoms with Crippen LogP contribution in [0.25, 0.3) is 11.0 Å². The smallest absolute Gasteiger partial charge is 0.259 e. The van der Waals surface area contributed by atoms with Gasteiger partial charge in [0.15, 0.2) is 5.65 Å². The molecule has 0 saturated carbocycles. The number of rotatable bonds is 4. The number of aromatic nitrogens is 5. The average Bonchev–Trinajstić information content (AvgIpc) is 3.12. The molecule has 23 heavy (non-hydrogen) atoms. The first-order chi connectivity index (χ1) is 11.0. The van der Waals surface area contributed by atoms with E-state index in [4.69, 9.17) is 0 Å². The number of carbonyl (C=O) groups is 1. The molecular formula is C15H18N6OS. The Bertz CT molecular complexity index is 866. The maximum Gasteiger partial charge on any atom is 0.259 e. The molecule has 0 saturated heterocycles. The molecule has 7 nitrogen and oxygen atoms in total. The van der Waals surface area contributed by atoms with Crippen molar-refractivity contribution in [2.45, 2.75) is 40.2 Å². The van der Waals surface area contributed by atoms with Gasteiger partial charge >= 0.3 is 0 Å². The van der Waals surface area contributed by atoms with E-state index in [2.05, 4.69) is 25.6 Å². The molecule has 0 atom stereocenters. The number of nitrogens with zero attached hydrogens (tertiary/aromatic N) is 5. The molecule has 0 fully saturated rings. The van der Waals surface area contributed by atoms with Crippen molar-refractivity contribution in [3.05, 3.63) is 28.5 Å². The van der Waals surface area contributed by atoms with Gasteiger partial charge in [0.1, 0.15) is 5.01 Å². The minimum Gasteiger partial charge on any atom is -0.296 e. The van der Waals surface area contributed by atoms with E-state index < -0.39 is 0 Å². The molecule has 3 aromatic rings. The van der Waals surface area contributed by atoms with E-state index in [1.165, 1.54) is 11.3 Å². The summed E-state index contributed by atoms with van der Waals surface area (Å²) in [4.78, 5) is 17.0. The molecule has 0 aliphatic heterocycles. The molecule has 0 spiro atoms. The van der Waals surface area contributed by atoms with Gasteiger partial charge in [-0.3, -0.25) is 10.1 Å². The maximum atomic E-state index is 12.5. The van der Waals surface area contributed by atoms with Crippen molar-refractivity contribution < 1.29 is 4.79 Å². The monoisotopic (exact) mass is 330 g/mol. The third-order valence-electron chi connectivity index (χ3n) is 3.48. The number of pyridine rings is 1. The molecule has 0 aliphatic carbocycles. The summed E-state index contributed by atoms with van der Waals surface area (Å²) in [5, 5.41) is 17.3. The van der Waals surface area contributed by atoms with Crippen LogP contribution in [0.3, 0.4) is 0 Å². The normalized spacial score (nSPS) is 11.3. The van der Waals surface area contributed by atoms with Gasteiger partial charge < -0.3 is 0 Å². The maximum absolute atomic E-state index is 12.5. The van der Waals surface area contributed by atoms with Crippen molar-refractivity contribution >= 4 is 33.4 Å². The van der Waals surface area contributed by atoms with Crippen molar-refractivity contribution in [1.29, 1.82) is 0 Å². The van der Waals surface area contributed by atoms with Crippen LogP contribution in [0.4, 0.5) is 5.13 Å². The lowest BCUT2D eigenvalue weighted by molar-refractivity contribution is 0.102. The summed E-state index contributed by atoms with van der Waals surface area (Å²) in [7, 11) is 0. The Morgan fingerprint density at radius 1 is 1.39 bits per heavy atom. The number of anilines is 1. The van der Waals surface area contributed by atoms with E-state index in [1.54, 1.807) is 6.20 Å². The minimum absolute atomic E-state index is 0.216. The number of hydrogen-bond acceptors (Lipinski definition) is 6. The standard InChI is InChI=1S/C15H18N6OS/c1-5-12-19-20-15(23-12)18-14(22)11-6-10-7-16-21(8(2)3)13(10)17-9(11)4/h6-8H,5H2,1-4H3,(H,18,20,22). The van der Waals surface area contributed by atoms with Gasteiger partial charge in [-0.05, 0) is 33.3 Å². The number of amides is 1. The van der Waals surface area contributed by atoms with Crippen LogP contribution in [-0.2, 0) is 6.42 Å². The molecule has 120 valence electrons. The lowest BCUT2D eigenvalue weighted by atomic mass is 10.1. The van der Waals surface area contributed by atoms with E-state index in [1.807, 2.05) is 38.4 Å². The Morgan fingerprint density at radius 3 is 2.83 bits per heavy atom. The van der Waals surface area contributed by atoms with Gasteiger partial charge in [0, 0.05) is 11.4 Å². The molecule has 0 bridgehead atoms. The predicted molar refractivity (Wildman–Crippen MR) is 89.9 cm³/mol. The largest absolute Gasteiger partial charge is 0.296 e. The minimum atomic E-state index is -0.229. The van der Waals surface area contributed by atoms with Crippen LogP contribution in [0, 0.1) is 6.92 Å². The van der Waals surface area contributed by atoms with Crippen molar-refractivity contribution in [2.75, 3.05) is 5.32 Å². The highest BCUT2D eigenvalue weighted by Crippen LogP contribution is 2.21. The molecule has 1 amide bonds. The molecule has 0 radical (unpaired) electrons. The fourth-order valence-corrected chi connectivity index (χ4v) is 2.96. The van der Waals surface area contributed by atoms with Crippen LogP contribution in [0.1, 0.15) is 47.9 Å². The highest BCUT2D eigenvalue weighted by Gasteiger charge is 2.16. The molecule has 3 rings (SSSR count). The van der Waals surface area contributed by atoms with E-state index in [-0.39, 0.29) is 11.9 Å². The van der Waals surface area contributed by atoms with Crippen molar-refractivity contribution in [3.63, 3.8) is 0 Å². The van der Waals surface area contributed by atoms with Gasteiger partial charge in [0.05, 0.1) is 17.5 Å². The summed E-state index contributed by atoms with van der Waals surface area (Å²) < 4.78 is 1.85. The molecule has 3 aromatic heterocycles. The van der Waals surface area contributed by atoms with E-state index in [9.17, 15) is 4.79 Å². The predicted octanol–water partition coefficient (Wildman–Crippen LogP) is 2.99. The molecule has 0 aromatic carbocycles. The van der Waals surface area contributed by atoms with Crippen LogP contribution in [-0.4, -0.2) is 30.9 Å². The summed E-state index contributed by atoms with van der Waals surface area (Å²) in [5.41, 5.74) is 1.98. The number of carbonyl (C=O) groups excluding carboxylic acids is 1. The number of hydrogen-bond donors (Lipinski definition) is 1. The fraction of sp³-hybridized carbons (Fsp3) is 0.400. The van der Waals surface area contributed by atoms with Gasteiger partial charge in [-0.1, -0.05) is 18.3 Å². The molecule has 3 heterocycles. The van der Waals surface area contributed by atoms with Gasteiger partial charge in [0.25, 0.3) is 5.91 Å². The third-order valence-corrected chi connectivity index (χ3v) is 4.47. The van der Waals surface area contributed by atoms with Gasteiger partial charge in [0.2, 0.25) is 5.13 Å². The molecule has 0 unspecified atom stereocenters. The Balaban J connectivity index is 1.92.